The fraction of sp³-hybridized carbons (Fsp3) is 0.0909. The number of nitrogens with zero attached hydrogens (tertiary/aromatic N) is 1. The van der Waals surface area contributed by atoms with E-state index in [9.17, 15) is 13.6 Å². The van der Waals surface area contributed by atoms with Crippen molar-refractivity contribution in [3.05, 3.63) is 53.4 Å². The van der Waals surface area contributed by atoms with Gasteiger partial charge in [0.2, 0.25) is 0 Å². The number of nitrogens with one attached hydrogen (secondary N) is 1. The van der Waals surface area contributed by atoms with Crippen LogP contribution in [0.3, 0.4) is 0 Å². The summed E-state index contributed by atoms with van der Waals surface area (Å²) in [6, 6.07) is 4.97. The van der Waals surface area contributed by atoms with E-state index in [1.54, 1.807) is 6.07 Å². The molecule has 2 rings (SSSR count). The average molecular weight is 238 g/mol. The van der Waals surface area contributed by atoms with Crippen LogP contribution in [-0.4, -0.2) is 11.1 Å². The molecule has 6 heteroatoms. The van der Waals surface area contributed by atoms with Crippen LogP contribution >= 0.6 is 0 Å². The van der Waals surface area contributed by atoms with Gasteiger partial charge in [-0.1, -0.05) is 11.2 Å². The summed E-state index contributed by atoms with van der Waals surface area (Å²) in [6.45, 7) is 0.0643. The summed E-state index contributed by atoms with van der Waals surface area (Å²) in [7, 11) is 0. The number of benzene rings is 1. The van der Waals surface area contributed by atoms with E-state index in [1.165, 1.54) is 18.3 Å². The molecule has 4 nitrogen and oxygen atoms in total. The second kappa shape index (κ2) is 4.73. The molecule has 1 aromatic heterocycles. The standard InChI is InChI=1S/C11H8F2N2O2/c12-9-3-1-2-8(10(9)13)11(16)14-6-7-4-5-15-17-7/h1-5H,6H2,(H,14,16). The third-order valence-electron chi connectivity index (χ3n) is 2.11. The van der Waals surface area contributed by atoms with E-state index in [4.69, 9.17) is 4.52 Å². The molecule has 0 aliphatic rings. The Balaban J connectivity index is 2.07. The van der Waals surface area contributed by atoms with Gasteiger partial charge in [-0.15, -0.1) is 0 Å². The van der Waals surface area contributed by atoms with Crippen molar-refractivity contribution in [3.8, 4) is 0 Å². The van der Waals surface area contributed by atoms with Crippen LogP contribution in [0.5, 0.6) is 0 Å². The van der Waals surface area contributed by atoms with Crippen LogP contribution in [0.15, 0.2) is 35.0 Å². The minimum Gasteiger partial charge on any atom is -0.360 e. The molecule has 88 valence electrons. The van der Waals surface area contributed by atoms with E-state index < -0.39 is 17.5 Å². The summed E-state index contributed by atoms with van der Waals surface area (Å²) in [6.07, 6.45) is 1.42. The zero-order valence-electron chi connectivity index (χ0n) is 8.61. The summed E-state index contributed by atoms with van der Waals surface area (Å²) in [5.41, 5.74) is -0.343. The predicted octanol–water partition coefficient (Wildman–Crippen LogP) is 1.88. The molecule has 0 spiro atoms. The summed E-state index contributed by atoms with van der Waals surface area (Å²) >= 11 is 0. The van der Waals surface area contributed by atoms with E-state index in [-0.39, 0.29) is 12.1 Å². The molecule has 0 saturated carbocycles. The number of hydrogen-bond acceptors (Lipinski definition) is 3. The van der Waals surface area contributed by atoms with Gasteiger partial charge in [0.25, 0.3) is 5.91 Å². The number of carbonyl (C=O) groups is 1. The lowest BCUT2D eigenvalue weighted by molar-refractivity contribution is 0.0942. The molecule has 0 radical (unpaired) electrons. The molecule has 0 fully saturated rings. The van der Waals surface area contributed by atoms with Gasteiger partial charge in [-0.05, 0) is 12.1 Å². The normalized spacial score (nSPS) is 10.2. The van der Waals surface area contributed by atoms with Crippen LogP contribution in [0, 0.1) is 11.6 Å². The Labute approximate surface area is 95.2 Å². The number of halogens is 2. The minimum atomic E-state index is -1.16. The van der Waals surface area contributed by atoms with Gasteiger partial charge < -0.3 is 9.84 Å². The molecular weight excluding hydrogens is 230 g/mol. The van der Waals surface area contributed by atoms with E-state index >= 15 is 0 Å². The van der Waals surface area contributed by atoms with Gasteiger partial charge in [-0.25, -0.2) is 8.78 Å². The third-order valence-corrected chi connectivity index (χ3v) is 2.11. The number of rotatable bonds is 3. The SMILES string of the molecule is O=C(NCc1ccno1)c1cccc(F)c1F. The number of amides is 1. The van der Waals surface area contributed by atoms with Crippen LogP contribution in [0.2, 0.25) is 0 Å². The average Bonchev–Trinajstić information content (AvgIpc) is 2.82. The highest BCUT2D eigenvalue weighted by Crippen LogP contribution is 2.11. The monoisotopic (exact) mass is 238 g/mol. The molecular formula is C11H8F2N2O2. The zero-order chi connectivity index (χ0) is 12.3. The van der Waals surface area contributed by atoms with Crippen molar-refractivity contribution in [1.82, 2.24) is 10.5 Å². The zero-order valence-corrected chi connectivity index (χ0v) is 8.61. The maximum Gasteiger partial charge on any atom is 0.254 e. The molecule has 1 heterocycles. The lowest BCUT2D eigenvalue weighted by Crippen LogP contribution is -2.23. The van der Waals surface area contributed by atoms with Crippen LogP contribution in [0.25, 0.3) is 0 Å². The first-order chi connectivity index (χ1) is 8.18. The van der Waals surface area contributed by atoms with Gasteiger partial charge in [0.15, 0.2) is 17.4 Å². The summed E-state index contributed by atoms with van der Waals surface area (Å²) < 4.78 is 30.9. The molecule has 1 aromatic carbocycles. The van der Waals surface area contributed by atoms with Crippen molar-refractivity contribution in [2.75, 3.05) is 0 Å². The van der Waals surface area contributed by atoms with Gasteiger partial charge in [-0.3, -0.25) is 4.79 Å². The Morgan fingerprint density at radius 2 is 2.18 bits per heavy atom. The quantitative estimate of drug-likeness (QED) is 0.888. The van der Waals surface area contributed by atoms with Crippen LogP contribution < -0.4 is 5.32 Å². The van der Waals surface area contributed by atoms with Crippen molar-refractivity contribution in [1.29, 1.82) is 0 Å². The maximum atomic E-state index is 13.2. The van der Waals surface area contributed by atoms with Gasteiger partial charge >= 0.3 is 0 Å². The molecule has 0 unspecified atom stereocenters. The first kappa shape index (κ1) is 11.3. The van der Waals surface area contributed by atoms with Gasteiger partial charge in [0.1, 0.15) is 0 Å². The molecule has 17 heavy (non-hydrogen) atoms. The van der Waals surface area contributed by atoms with Gasteiger partial charge in [-0.2, -0.15) is 0 Å². The highest BCUT2D eigenvalue weighted by molar-refractivity contribution is 5.94. The Kier molecular flexibility index (Phi) is 3.13. The van der Waals surface area contributed by atoms with Crippen molar-refractivity contribution >= 4 is 5.91 Å². The lowest BCUT2D eigenvalue weighted by atomic mass is 10.2. The minimum absolute atomic E-state index is 0.0643. The van der Waals surface area contributed by atoms with Gasteiger partial charge in [0, 0.05) is 6.07 Å². The van der Waals surface area contributed by atoms with Crippen LogP contribution in [-0.2, 0) is 6.54 Å². The molecule has 0 aliphatic heterocycles. The largest absolute Gasteiger partial charge is 0.360 e. The van der Waals surface area contributed by atoms with E-state index in [0.717, 1.165) is 6.07 Å². The molecule has 0 atom stereocenters. The fourth-order valence-corrected chi connectivity index (χ4v) is 1.28. The Bertz CT molecular complexity index is 526. The first-order valence-electron chi connectivity index (χ1n) is 4.80. The highest BCUT2D eigenvalue weighted by Gasteiger charge is 2.14. The highest BCUT2D eigenvalue weighted by atomic mass is 19.2. The van der Waals surface area contributed by atoms with Crippen LogP contribution in [0.1, 0.15) is 16.1 Å². The third kappa shape index (κ3) is 2.47. The molecule has 2 aromatic rings. The summed E-state index contributed by atoms with van der Waals surface area (Å²) in [5, 5.41) is 5.83. The summed E-state index contributed by atoms with van der Waals surface area (Å²) in [5.74, 6) is -2.51. The molecule has 0 aliphatic carbocycles. The predicted molar refractivity (Wildman–Crippen MR) is 54.0 cm³/mol. The second-order valence-corrected chi connectivity index (χ2v) is 3.26. The van der Waals surface area contributed by atoms with Gasteiger partial charge in [0.05, 0.1) is 18.3 Å². The smallest absolute Gasteiger partial charge is 0.254 e. The van der Waals surface area contributed by atoms with Crippen LogP contribution in [0.4, 0.5) is 8.78 Å². The second-order valence-electron chi connectivity index (χ2n) is 3.26. The Morgan fingerprint density at radius 3 is 2.88 bits per heavy atom. The van der Waals surface area contributed by atoms with Crippen molar-refractivity contribution in [2.45, 2.75) is 6.54 Å². The summed E-state index contributed by atoms with van der Waals surface area (Å²) in [4.78, 5) is 11.5. The molecule has 1 amide bonds. The van der Waals surface area contributed by atoms with E-state index in [2.05, 4.69) is 10.5 Å². The molecule has 0 bridgehead atoms. The maximum absolute atomic E-state index is 13.2. The van der Waals surface area contributed by atoms with Crippen molar-refractivity contribution in [2.24, 2.45) is 0 Å². The molecule has 1 N–H and O–H groups in total. The van der Waals surface area contributed by atoms with Crippen molar-refractivity contribution < 1.29 is 18.1 Å². The Hall–Kier alpha value is -2.24. The lowest BCUT2D eigenvalue weighted by Gasteiger charge is -2.04. The fourth-order valence-electron chi connectivity index (χ4n) is 1.28. The van der Waals surface area contributed by atoms with E-state index in [1.807, 2.05) is 0 Å². The number of aromatic nitrogens is 1. The topological polar surface area (TPSA) is 55.1 Å². The van der Waals surface area contributed by atoms with E-state index in [0.29, 0.717) is 5.76 Å². The molecule has 0 saturated heterocycles. The Morgan fingerprint density at radius 1 is 1.35 bits per heavy atom. The first-order valence-corrected chi connectivity index (χ1v) is 4.80. The van der Waals surface area contributed by atoms with Crippen molar-refractivity contribution in [3.63, 3.8) is 0 Å². The number of carbonyl (C=O) groups excluding carboxylic acids is 1. The number of hydrogen-bond donors (Lipinski definition) is 1.